The molecule has 1 aliphatic heterocycles. The van der Waals surface area contributed by atoms with Gasteiger partial charge in [-0.1, -0.05) is 19.4 Å². The second kappa shape index (κ2) is 7.99. The van der Waals surface area contributed by atoms with Gasteiger partial charge >= 0.3 is 0 Å². The first-order valence-electron chi connectivity index (χ1n) is 7.10. The Kier molecular flexibility index (Phi) is 6.99. The molecule has 0 amide bonds. The third kappa shape index (κ3) is 4.27. The maximum Gasteiger partial charge on any atom is 0.282 e. The van der Waals surface area contributed by atoms with Crippen LogP contribution < -0.4 is 5.32 Å². The van der Waals surface area contributed by atoms with Gasteiger partial charge in [0.25, 0.3) is 10.2 Å². The lowest BCUT2D eigenvalue weighted by atomic mass is 10.1. The zero-order chi connectivity index (χ0) is 14.3. The first kappa shape index (κ1) is 16.6. The molecule has 0 aromatic rings. The predicted octanol–water partition coefficient (Wildman–Crippen LogP) is 1.20. The van der Waals surface area contributed by atoms with Crippen molar-refractivity contribution >= 4 is 10.2 Å². The fourth-order valence-corrected chi connectivity index (χ4v) is 4.48. The van der Waals surface area contributed by atoms with Gasteiger partial charge in [0.15, 0.2) is 0 Å². The Morgan fingerprint density at radius 1 is 1.47 bits per heavy atom. The second-order valence-electron chi connectivity index (χ2n) is 4.97. The van der Waals surface area contributed by atoms with Gasteiger partial charge in [0.2, 0.25) is 0 Å². The lowest BCUT2D eigenvalue weighted by Crippen LogP contribution is -2.53. The molecule has 1 unspecified atom stereocenters. The Morgan fingerprint density at radius 2 is 2.21 bits per heavy atom. The molecule has 1 atom stereocenters. The van der Waals surface area contributed by atoms with Crippen LogP contribution in [0.5, 0.6) is 0 Å². The van der Waals surface area contributed by atoms with E-state index in [4.69, 9.17) is 0 Å². The number of piperidine rings is 1. The van der Waals surface area contributed by atoms with E-state index in [0.717, 1.165) is 25.7 Å². The van der Waals surface area contributed by atoms with Crippen molar-refractivity contribution in [1.82, 2.24) is 13.9 Å². The molecule has 0 radical (unpaired) electrons. The summed E-state index contributed by atoms with van der Waals surface area (Å²) >= 11 is 0. The number of rotatable bonds is 8. The third-order valence-corrected chi connectivity index (χ3v) is 5.50. The minimum Gasteiger partial charge on any atom is -0.318 e. The van der Waals surface area contributed by atoms with E-state index in [1.54, 1.807) is 10.4 Å². The second-order valence-corrected chi connectivity index (χ2v) is 6.85. The lowest BCUT2D eigenvalue weighted by Gasteiger charge is -2.37. The molecule has 112 valence electrons. The summed E-state index contributed by atoms with van der Waals surface area (Å²) < 4.78 is 28.7. The van der Waals surface area contributed by atoms with Gasteiger partial charge in [-0.2, -0.15) is 17.0 Å². The van der Waals surface area contributed by atoms with E-state index in [-0.39, 0.29) is 6.04 Å². The fourth-order valence-electron chi connectivity index (χ4n) is 2.56. The fraction of sp³-hybridized carbons (Fsp3) is 0.846. The van der Waals surface area contributed by atoms with Crippen LogP contribution in [0.15, 0.2) is 12.7 Å². The zero-order valence-corrected chi connectivity index (χ0v) is 13.0. The van der Waals surface area contributed by atoms with Crippen molar-refractivity contribution in [2.45, 2.75) is 38.6 Å². The lowest BCUT2D eigenvalue weighted by molar-refractivity contribution is 0.231. The summed E-state index contributed by atoms with van der Waals surface area (Å²) in [6, 6.07) is 0.0768. The molecule has 0 spiro atoms. The van der Waals surface area contributed by atoms with Gasteiger partial charge in [-0.05, 0) is 26.3 Å². The van der Waals surface area contributed by atoms with Gasteiger partial charge in [-0.25, -0.2) is 0 Å². The molecule has 0 aromatic carbocycles. The number of hydrogen-bond donors (Lipinski definition) is 1. The molecule has 1 heterocycles. The van der Waals surface area contributed by atoms with Crippen LogP contribution in [0.3, 0.4) is 0 Å². The molecule has 5 nitrogen and oxygen atoms in total. The summed E-state index contributed by atoms with van der Waals surface area (Å²) in [6.45, 7) is 7.94. The van der Waals surface area contributed by atoms with Crippen LogP contribution in [0.2, 0.25) is 0 Å². The van der Waals surface area contributed by atoms with E-state index in [9.17, 15) is 8.42 Å². The number of nitrogens with zero attached hydrogens (tertiary/aromatic N) is 2. The molecule has 19 heavy (non-hydrogen) atoms. The van der Waals surface area contributed by atoms with Crippen LogP contribution in [-0.2, 0) is 10.2 Å². The topological polar surface area (TPSA) is 52.7 Å². The molecule has 1 fully saturated rings. The molecule has 1 N–H and O–H groups in total. The average Bonchev–Trinajstić information content (AvgIpc) is 2.39. The summed E-state index contributed by atoms with van der Waals surface area (Å²) in [7, 11) is -1.50. The van der Waals surface area contributed by atoms with Crippen LogP contribution >= 0.6 is 0 Å². The van der Waals surface area contributed by atoms with E-state index >= 15 is 0 Å². The zero-order valence-electron chi connectivity index (χ0n) is 12.1. The highest BCUT2D eigenvalue weighted by Gasteiger charge is 2.35. The highest BCUT2D eigenvalue weighted by Crippen LogP contribution is 2.22. The minimum atomic E-state index is -3.36. The van der Waals surface area contributed by atoms with Crippen LogP contribution in [0.1, 0.15) is 32.6 Å². The summed E-state index contributed by atoms with van der Waals surface area (Å²) in [4.78, 5) is 0. The third-order valence-electron chi connectivity index (χ3n) is 3.44. The largest absolute Gasteiger partial charge is 0.318 e. The van der Waals surface area contributed by atoms with E-state index < -0.39 is 10.2 Å². The normalized spacial score (nSPS) is 21.7. The summed E-state index contributed by atoms with van der Waals surface area (Å²) in [6.07, 6.45) is 5.47. The number of likely N-dealkylation sites (N-methyl/N-ethyl adjacent to an activating group) is 1. The minimum absolute atomic E-state index is 0.0768. The maximum absolute atomic E-state index is 12.7. The van der Waals surface area contributed by atoms with Crippen molar-refractivity contribution in [3.8, 4) is 0 Å². The Labute approximate surface area is 117 Å². The van der Waals surface area contributed by atoms with Crippen LogP contribution in [0, 0.1) is 0 Å². The molecule has 0 saturated carbocycles. The van der Waals surface area contributed by atoms with Crippen molar-refractivity contribution in [1.29, 1.82) is 0 Å². The average molecular weight is 289 g/mol. The quantitative estimate of drug-likeness (QED) is 0.683. The van der Waals surface area contributed by atoms with Crippen molar-refractivity contribution in [3.63, 3.8) is 0 Å². The molecular formula is C13H27N3O2S. The van der Waals surface area contributed by atoms with Crippen molar-refractivity contribution in [2.75, 3.05) is 33.2 Å². The molecule has 1 saturated heterocycles. The molecule has 6 heteroatoms. The SMILES string of the molecule is C=CCN(CCC)S(=O)(=O)N1CCCCC1CNC. The first-order chi connectivity index (χ1) is 9.07. The first-order valence-corrected chi connectivity index (χ1v) is 8.50. The van der Waals surface area contributed by atoms with Gasteiger partial charge in [0.1, 0.15) is 0 Å². The van der Waals surface area contributed by atoms with Crippen molar-refractivity contribution < 1.29 is 8.42 Å². The van der Waals surface area contributed by atoms with Gasteiger partial charge in [0, 0.05) is 32.2 Å². The molecule has 0 aromatic heterocycles. The van der Waals surface area contributed by atoms with Gasteiger partial charge in [0.05, 0.1) is 0 Å². The molecule has 1 rings (SSSR count). The van der Waals surface area contributed by atoms with Crippen molar-refractivity contribution in [2.24, 2.45) is 0 Å². The summed E-state index contributed by atoms with van der Waals surface area (Å²) in [5, 5.41) is 3.10. The molecule has 0 aliphatic carbocycles. The van der Waals surface area contributed by atoms with Gasteiger partial charge in [-0.3, -0.25) is 0 Å². The summed E-state index contributed by atoms with van der Waals surface area (Å²) in [5.41, 5.74) is 0. The smallest absolute Gasteiger partial charge is 0.282 e. The Bertz CT molecular complexity index is 368. The Morgan fingerprint density at radius 3 is 2.79 bits per heavy atom. The highest BCUT2D eigenvalue weighted by atomic mass is 32.2. The monoisotopic (exact) mass is 289 g/mol. The summed E-state index contributed by atoms with van der Waals surface area (Å²) in [5.74, 6) is 0. The number of hydrogen-bond acceptors (Lipinski definition) is 3. The molecule has 0 bridgehead atoms. The maximum atomic E-state index is 12.7. The van der Waals surface area contributed by atoms with E-state index in [0.29, 0.717) is 26.2 Å². The molecule has 1 aliphatic rings. The highest BCUT2D eigenvalue weighted by molar-refractivity contribution is 7.86. The number of nitrogens with one attached hydrogen (secondary N) is 1. The van der Waals surface area contributed by atoms with Gasteiger partial charge in [-0.15, -0.1) is 6.58 Å². The van der Waals surface area contributed by atoms with Crippen LogP contribution in [-0.4, -0.2) is 56.3 Å². The Balaban J connectivity index is 2.89. The van der Waals surface area contributed by atoms with Crippen LogP contribution in [0.25, 0.3) is 0 Å². The van der Waals surface area contributed by atoms with E-state index in [1.807, 2.05) is 14.0 Å². The van der Waals surface area contributed by atoms with Gasteiger partial charge < -0.3 is 5.32 Å². The standard InChI is InChI=1S/C13H27N3O2S/c1-4-9-15(10-5-2)19(17,18)16-11-7-6-8-13(16)12-14-3/h4,13-14H,1,5-12H2,2-3H3. The van der Waals surface area contributed by atoms with E-state index in [2.05, 4.69) is 11.9 Å². The molecular weight excluding hydrogens is 262 g/mol. The van der Waals surface area contributed by atoms with E-state index in [1.165, 1.54) is 4.31 Å². The Hall–Kier alpha value is -0.430. The van der Waals surface area contributed by atoms with Crippen molar-refractivity contribution in [3.05, 3.63) is 12.7 Å². The van der Waals surface area contributed by atoms with Crippen LogP contribution in [0.4, 0.5) is 0 Å². The predicted molar refractivity (Wildman–Crippen MR) is 79.3 cm³/mol.